The van der Waals surface area contributed by atoms with Crippen LogP contribution >= 0.6 is 0 Å². The number of benzene rings is 1. The standard InChI is InChI=1S/C20H26N2O7/c1-4-28-20(26)12-22-16-8-6-5-7-15(16)17(27-3)9-10-21(11-18(22)24)19(25)13-29-14(2)23/h5-8,17H,4,9-13H2,1-3H3. The number of methoxy groups -OCH3 is 1. The predicted octanol–water partition coefficient (Wildman–Crippen LogP) is 1.07. The molecule has 0 aliphatic carbocycles. The van der Waals surface area contributed by atoms with Crippen LogP contribution in [-0.2, 0) is 33.4 Å². The number of carbonyl (C=O) groups excluding carboxylic acids is 4. The number of para-hydroxylation sites is 1. The van der Waals surface area contributed by atoms with E-state index in [1.54, 1.807) is 26.2 Å². The van der Waals surface area contributed by atoms with E-state index in [0.717, 1.165) is 5.56 Å². The van der Waals surface area contributed by atoms with Gasteiger partial charge in [0.2, 0.25) is 5.91 Å². The molecule has 1 heterocycles. The fourth-order valence-electron chi connectivity index (χ4n) is 3.12. The minimum Gasteiger partial charge on any atom is -0.465 e. The zero-order valence-corrected chi connectivity index (χ0v) is 16.9. The van der Waals surface area contributed by atoms with Crippen LogP contribution in [-0.4, -0.2) is 68.6 Å². The van der Waals surface area contributed by atoms with Crippen molar-refractivity contribution in [3.05, 3.63) is 29.8 Å². The van der Waals surface area contributed by atoms with Gasteiger partial charge in [-0.1, -0.05) is 18.2 Å². The topological polar surface area (TPSA) is 102 Å². The molecular weight excluding hydrogens is 380 g/mol. The monoisotopic (exact) mass is 406 g/mol. The van der Waals surface area contributed by atoms with Gasteiger partial charge in [-0.25, -0.2) is 0 Å². The van der Waals surface area contributed by atoms with Crippen molar-refractivity contribution in [1.29, 1.82) is 0 Å². The lowest BCUT2D eigenvalue weighted by molar-refractivity contribution is -0.151. The minimum absolute atomic E-state index is 0.191. The summed E-state index contributed by atoms with van der Waals surface area (Å²) in [6, 6.07) is 7.14. The van der Waals surface area contributed by atoms with Gasteiger partial charge in [-0.05, 0) is 19.4 Å². The molecule has 0 aromatic heterocycles. The second-order valence-electron chi connectivity index (χ2n) is 6.45. The van der Waals surface area contributed by atoms with Crippen LogP contribution < -0.4 is 4.90 Å². The molecule has 29 heavy (non-hydrogen) atoms. The zero-order chi connectivity index (χ0) is 21.4. The van der Waals surface area contributed by atoms with Gasteiger partial charge in [0.05, 0.1) is 18.4 Å². The van der Waals surface area contributed by atoms with Crippen molar-refractivity contribution in [2.24, 2.45) is 0 Å². The van der Waals surface area contributed by atoms with Crippen molar-refractivity contribution in [1.82, 2.24) is 4.90 Å². The highest BCUT2D eigenvalue weighted by molar-refractivity contribution is 6.01. The second-order valence-corrected chi connectivity index (χ2v) is 6.45. The molecule has 2 amide bonds. The number of nitrogens with zero attached hydrogens (tertiary/aromatic N) is 2. The van der Waals surface area contributed by atoms with E-state index in [2.05, 4.69) is 0 Å². The molecule has 0 spiro atoms. The molecule has 1 unspecified atom stereocenters. The van der Waals surface area contributed by atoms with E-state index in [9.17, 15) is 19.2 Å². The van der Waals surface area contributed by atoms with Gasteiger partial charge in [0, 0.05) is 26.1 Å². The molecule has 158 valence electrons. The maximum atomic E-state index is 13.0. The van der Waals surface area contributed by atoms with Crippen molar-refractivity contribution in [3.63, 3.8) is 0 Å². The van der Waals surface area contributed by atoms with E-state index in [4.69, 9.17) is 14.2 Å². The predicted molar refractivity (Wildman–Crippen MR) is 103 cm³/mol. The number of esters is 2. The minimum atomic E-state index is -0.583. The number of anilines is 1. The van der Waals surface area contributed by atoms with E-state index >= 15 is 0 Å². The van der Waals surface area contributed by atoms with Gasteiger partial charge in [-0.2, -0.15) is 0 Å². The lowest BCUT2D eigenvalue weighted by Gasteiger charge is -2.26. The van der Waals surface area contributed by atoms with E-state index in [-0.39, 0.29) is 26.2 Å². The molecule has 1 aromatic rings. The number of rotatable bonds is 6. The molecule has 2 rings (SSSR count). The molecular formula is C20H26N2O7. The average Bonchev–Trinajstić information content (AvgIpc) is 2.74. The molecule has 0 bridgehead atoms. The summed E-state index contributed by atoms with van der Waals surface area (Å²) < 4.78 is 15.4. The fourth-order valence-corrected chi connectivity index (χ4v) is 3.12. The van der Waals surface area contributed by atoms with Crippen LogP contribution in [0.25, 0.3) is 0 Å². The zero-order valence-electron chi connectivity index (χ0n) is 16.9. The summed E-state index contributed by atoms with van der Waals surface area (Å²) in [4.78, 5) is 51.3. The Morgan fingerprint density at radius 1 is 1.17 bits per heavy atom. The molecule has 1 aliphatic rings. The van der Waals surface area contributed by atoms with Crippen LogP contribution in [0.3, 0.4) is 0 Å². The normalized spacial score (nSPS) is 16.9. The van der Waals surface area contributed by atoms with Crippen LogP contribution in [0, 0.1) is 0 Å². The van der Waals surface area contributed by atoms with Gasteiger partial charge in [0.1, 0.15) is 13.1 Å². The maximum absolute atomic E-state index is 13.0. The van der Waals surface area contributed by atoms with Crippen molar-refractivity contribution in [2.45, 2.75) is 26.4 Å². The third-order valence-electron chi connectivity index (χ3n) is 4.49. The Labute approximate surface area is 169 Å². The average molecular weight is 406 g/mol. The van der Waals surface area contributed by atoms with Crippen LogP contribution in [0.1, 0.15) is 31.9 Å². The summed E-state index contributed by atoms with van der Waals surface area (Å²) in [6.07, 6.45) is 0.0330. The second kappa shape index (κ2) is 10.6. The Morgan fingerprint density at radius 3 is 2.55 bits per heavy atom. The van der Waals surface area contributed by atoms with Gasteiger partial charge >= 0.3 is 11.9 Å². The highest BCUT2D eigenvalue weighted by Crippen LogP contribution is 2.32. The first-order chi connectivity index (χ1) is 13.9. The van der Waals surface area contributed by atoms with Gasteiger partial charge in [-0.3, -0.25) is 24.1 Å². The van der Waals surface area contributed by atoms with E-state index in [1.165, 1.54) is 16.7 Å². The van der Waals surface area contributed by atoms with Gasteiger partial charge < -0.3 is 19.1 Å². The molecule has 9 heteroatoms. The summed E-state index contributed by atoms with van der Waals surface area (Å²) in [6.45, 7) is 2.31. The highest BCUT2D eigenvalue weighted by Gasteiger charge is 2.30. The molecule has 0 fully saturated rings. The first-order valence-corrected chi connectivity index (χ1v) is 9.36. The molecule has 0 N–H and O–H groups in total. The highest BCUT2D eigenvalue weighted by atomic mass is 16.5. The molecule has 1 aromatic carbocycles. The number of amides is 2. The number of carbonyl (C=O) groups is 4. The Kier molecular flexibility index (Phi) is 8.14. The van der Waals surface area contributed by atoms with E-state index in [0.29, 0.717) is 12.1 Å². The Bertz CT molecular complexity index is 765. The van der Waals surface area contributed by atoms with Crippen molar-refractivity contribution in [2.75, 3.05) is 44.9 Å². The molecule has 1 atom stereocenters. The number of hydrogen-bond acceptors (Lipinski definition) is 7. The molecule has 9 nitrogen and oxygen atoms in total. The van der Waals surface area contributed by atoms with Crippen LogP contribution in [0.4, 0.5) is 5.69 Å². The van der Waals surface area contributed by atoms with Gasteiger partial charge in [0.15, 0.2) is 6.61 Å². The Hall–Kier alpha value is -2.94. The van der Waals surface area contributed by atoms with E-state index < -0.39 is 36.5 Å². The Balaban J connectivity index is 2.37. The van der Waals surface area contributed by atoms with Crippen LogP contribution in [0.2, 0.25) is 0 Å². The lowest BCUT2D eigenvalue weighted by atomic mass is 10.0. The number of fused-ring (bicyclic) bond motifs is 1. The summed E-state index contributed by atoms with van der Waals surface area (Å²) in [5.41, 5.74) is 1.27. The van der Waals surface area contributed by atoms with Gasteiger partial charge in [0.25, 0.3) is 5.91 Å². The van der Waals surface area contributed by atoms with Gasteiger partial charge in [-0.15, -0.1) is 0 Å². The molecule has 0 saturated heterocycles. The Morgan fingerprint density at radius 2 is 1.90 bits per heavy atom. The van der Waals surface area contributed by atoms with Crippen LogP contribution in [0.5, 0.6) is 0 Å². The number of ether oxygens (including phenoxy) is 3. The van der Waals surface area contributed by atoms with Crippen molar-refractivity contribution >= 4 is 29.4 Å². The fraction of sp³-hybridized carbons (Fsp3) is 0.500. The molecule has 0 saturated carbocycles. The molecule has 1 aliphatic heterocycles. The summed E-state index contributed by atoms with van der Waals surface area (Å²) in [5, 5.41) is 0. The SMILES string of the molecule is CCOC(=O)CN1C(=O)CN(C(=O)COC(C)=O)CCC(OC)c2ccccc21. The third-order valence-corrected chi connectivity index (χ3v) is 4.49. The first-order valence-electron chi connectivity index (χ1n) is 9.36. The number of hydrogen-bond donors (Lipinski definition) is 0. The largest absolute Gasteiger partial charge is 0.465 e. The van der Waals surface area contributed by atoms with Crippen LogP contribution in [0.15, 0.2) is 24.3 Å². The quantitative estimate of drug-likeness (QED) is 0.651. The van der Waals surface area contributed by atoms with Crippen molar-refractivity contribution < 1.29 is 33.4 Å². The summed E-state index contributed by atoms with van der Waals surface area (Å²) in [5.74, 6) is -2.08. The van der Waals surface area contributed by atoms with Crippen molar-refractivity contribution in [3.8, 4) is 0 Å². The first kappa shape index (κ1) is 22.4. The summed E-state index contributed by atoms with van der Waals surface area (Å²) in [7, 11) is 1.54. The lowest BCUT2D eigenvalue weighted by Crippen LogP contribution is -2.46. The smallest absolute Gasteiger partial charge is 0.326 e. The summed E-state index contributed by atoms with van der Waals surface area (Å²) >= 11 is 0. The molecule has 0 radical (unpaired) electrons. The third kappa shape index (κ3) is 6.02. The maximum Gasteiger partial charge on any atom is 0.326 e. The van der Waals surface area contributed by atoms with E-state index in [1.807, 2.05) is 12.1 Å².